The van der Waals surface area contributed by atoms with Crippen molar-refractivity contribution < 1.29 is 55.0 Å². The number of quaternary nitrogens is 1. The molecule has 0 unspecified atom stereocenters. The lowest BCUT2D eigenvalue weighted by atomic mass is 9.86. The Balaban J connectivity index is 0.000000942. The predicted molar refractivity (Wildman–Crippen MR) is 167 cm³/mol. The molecule has 3 aromatic carbocycles. The molecule has 3 aromatic rings. The van der Waals surface area contributed by atoms with Gasteiger partial charge in [0.05, 0.1) is 45.9 Å². The quantitative estimate of drug-likeness (QED) is 0.188. The van der Waals surface area contributed by atoms with Gasteiger partial charge in [0, 0.05) is 10.9 Å². The molecule has 46 heavy (non-hydrogen) atoms. The minimum absolute atomic E-state index is 0.0976. The molecule has 0 aliphatic rings. The minimum Gasteiger partial charge on any atom is -0.542 e. The van der Waals surface area contributed by atoms with E-state index in [1.807, 2.05) is 32.9 Å². The number of halogens is 3. The standard InChI is InChI=1S/C29H37N3O6S.C2HF3O2/c1-29(2,3)19-17-23(27(37-7)24(18-19)31-39(8,35)36)30-28(34)26(33)22-13-14-25(38-16-15-32(4,5)6)21-12-10-9-11-20(21)22;3-2(4,5)1(6)7/h9-14,17-18,31H,15-16H2,1-8H3;(H,6,7). The number of benzene rings is 3. The van der Waals surface area contributed by atoms with Gasteiger partial charge in [-0.3, -0.25) is 14.3 Å². The fourth-order valence-corrected chi connectivity index (χ4v) is 4.53. The number of carboxylic acids is 1. The normalized spacial score (nSPS) is 12.1. The molecule has 0 heterocycles. The number of likely N-dealkylation sites (N-methyl/N-ethyl adjacent to an activating group) is 1. The molecule has 11 nitrogen and oxygen atoms in total. The third-order valence-electron chi connectivity index (χ3n) is 6.29. The van der Waals surface area contributed by atoms with E-state index >= 15 is 0 Å². The van der Waals surface area contributed by atoms with Crippen molar-refractivity contribution in [1.29, 1.82) is 0 Å². The zero-order valence-corrected chi connectivity index (χ0v) is 27.6. The molecule has 0 saturated heterocycles. The van der Waals surface area contributed by atoms with E-state index < -0.39 is 33.9 Å². The van der Waals surface area contributed by atoms with Crippen LogP contribution in [0.15, 0.2) is 48.5 Å². The van der Waals surface area contributed by atoms with Crippen molar-refractivity contribution in [2.45, 2.75) is 32.4 Å². The lowest BCUT2D eigenvalue weighted by molar-refractivity contribution is -0.870. The Bertz CT molecular complexity index is 1710. The van der Waals surface area contributed by atoms with E-state index in [9.17, 15) is 31.2 Å². The van der Waals surface area contributed by atoms with Crippen molar-refractivity contribution in [3.63, 3.8) is 0 Å². The van der Waals surface area contributed by atoms with Crippen molar-refractivity contribution >= 4 is 49.8 Å². The zero-order valence-electron chi connectivity index (χ0n) is 26.8. The number of hydrogen-bond acceptors (Lipinski definition) is 8. The van der Waals surface area contributed by atoms with Crippen LogP contribution in [0.4, 0.5) is 24.5 Å². The van der Waals surface area contributed by atoms with Gasteiger partial charge in [-0.05, 0) is 40.6 Å². The largest absolute Gasteiger partial charge is 0.542 e. The monoisotopic (exact) mass is 669 g/mol. The Morgan fingerprint density at radius 3 is 1.96 bits per heavy atom. The summed E-state index contributed by atoms with van der Waals surface area (Å²) in [5.74, 6) is -3.90. The van der Waals surface area contributed by atoms with Gasteiger partial charge in [0.15, 0.2) is 5.75 Å². The number of rotatable bonds is 10. The number of ether oxygens (including phenoxy) is 2. The maximum absolute atomic E-state index is 13.4. The lowest BCUT2D eigenvalue weighted by Crippen LogP contribution is -2.38. The molecule has 0 bridgehead atoms. The van der Waals surface area contributed by atoms with Crippen LogP contribution in [-0.2, 0) is 25.0 Å². The molecule has 0 atom stereocenters. The van der Waals surface area contributed by atoms with Gasteiger partial charge >= 0.3 is 6.18 Å². The summed E-state index contributed by atoms with van der Waals surface area (Å²) in [5, 5.41) is 12.8. The Hall–Kier alpha value is -4.37. The fourth-order valence-electron chi connectivity index (χ4n) is 3.98. The molecular formula is C31H38F3N3O8S. The highest BCUT2D eigenvalue weighted by molar-refractivity contribution is 7.92. The molecule has 1 amide bonds. The first-order valence-electron chi connectivity index (χ1n) is 13.7. The second kappa shape index (κ2) is 14.4. The predicted octanol–water partition coefficient (Wildman–Crippen LogP) is 3.72. The number of alkyl halides is 3. The van der Waals surface area contributed by atoms with Gasteiger partial charge in [-0.15, -0.1) is 0 Å². The highest BCUT2D eigenvalue weighted by atomic mass is 32.2. The maximum atomic E-state index is 13.4. The molecule has 0 spiro atoms. The molecule has 0 radical (unpaired) electrons. The summed E-state index contributed by atoms with van der Waals surface area (Å²) in [7, 11) is 3.95. The third kappa shape index (κ3) is 10.9. The summed E-state index contributed by atoms with van der Waals surface area (Å²) in [6.07, 6.45) is -4.17. The highest BCUT2D eigenvalue weighted by Crippen LogP contribution is 2.39. The summed E-state index contributed by atoms with van der Waals surface area (Å²) >= 11 is 0. The maximum Gasteiger partial charge on any atom is 0.430 e. The van der Waals surface area contributed by atoms with Gasteiger partial charge in [-0.1, -0.05) is 45.0 Å². The number of anilines is 2. The second-order valence-electron chi connectivity index (χ2n) is 12.3. The van der Waals surface area contributed by atoms with E-state index in [-0.39, 0.29) is 28.1 Å². The van der Waals surface area contributed by atoms with E-state index in [2.05, 4.69) is 31.2 Å². The van der Waals surface area contributed by atoms with E-state index in [0.717, 1.165) is 28.2 Å². The van der Waals surface area contributed by atoms with Crippen LogP contribution in [0, 0.1) is 0 Å². The number of ketones is 1. The van der Waals surface area contributed by atoms with E-state index in [1.54, 1.807) is 36.4 Å². The number of nitrogens with zero attached hydrogens (tertiary/aromatic N) is 1. The topological polar surface area (TPSA) is 151 Å². The van der Waals surface area contributed by atoms with Crippen LogP contribution < -0.4 is 24.6 Å². The molecule has 0 saturated carbocycles. The lowest BCUT2D eigenvalue weighted by Gasteiger charge is -2.24. The Morgan fingerprint density at radius 1 is 0.935 bits per heavy atom. The average Bonchev–Trinajstić information content (AvgIpc) is 2.90. The first kappa shape index (κ1) is 37.8. The van der Waals surface area contributed by atoms with Crippen LogP contribution in [0.5, 0.6) is 11.5 Å². The molecule has 2 N–H and O–H groups in total. The van der Waals surface area contributed by atoms with E-state index in [1.165, 1.54) is 7.11 Å². The van der Waals surface area contributed by atoms with Crippen LogP contribution in [0.2, 0.25) is 0 Å². The summed E-state index contributed by atoms with van der Waals surface area (Å²) in [5.41, 5.74) is 0.914. The van der Waals surface area contributed by atoms with Crippen LogP contribution in [-0.4, -0.2) is 84.4 Å². The van der Waals surface area contributed by atoms with Crippen LogP contribution in [0.1, 0.15) is 36.7 Å². The highest BCUT2D eigenvalue weighted by Gasteiger charge is 2.29. The van der Waals surface area contributed by atoms with E-state index in [0.29, 0.717) is 17.7 Å². The number of nitrogens with one attached hydrogen (secondary N) is 2. The van der Waals surface area contributed by atoms with Gasteiger partial charge in [0.1, 0.15) is 24.9 Å². The summed E-state index contributed by atoms with van der Waals surface area (Å²) in [6.45, 7) is 7.14. The molecular weight excluding hydrogens is 631 g/mol. The first-order chi connectivity index (χ1) is 20.9. The van der Waals surface area contributed by atoms with Crippen molar-refractivity contribution in [3.05, 3.63) is 59.7 Å². The number of Topliss-reactive ketones (excluding diaryl/α,β-unsaturated/α-hetero) is 1. The molecule has 0 aliphatic heterocycles. The van der Waals surface area contributed by atoms with E-state index in [4.69, 9.17) is 19.4 Å². The minimum atomic E-state index is -5.19. The number of fused-ring (bicyclic) bond motifs is 1. The second-order valence-corrected chi connectivity index (χ2v) is 14.1. The SMILES string of the molecule is COc1c(NC(=O)C(=O)c2ccc(OCC[N+](C)(C)C)c3ccccc23)cc(C(C)(C)C)cc1NS(C)(=O)=O.O=C([O-])C(F)(F)F. The van der Waals surface area contributed by atoms with Crippen LogP contribution in [0.25, 0.3) is 10.8 Å². The molecule has 0 fully saturated rings. The molecule has 252 valence electrons. The van der Waals surface area contributed by atoms with Crippen molar-refractivity contribution in [1.82, 2.24) is 0 Å². The number of amides is 1. The Labute approximate surface area is 265 Å². The molecule has 3 rings (SSSR count). The number of sulfonamides is 1. The van der Waals surface area contributed by atoms with Crippen molar-refractivity contribution in [3.8, 4) is 11.5 Å². The van der Waals surface area contributed by atoms with Crippen molar-refractivity contribution in [2.75, 3.05) is 57.7 Å². The zero-order chi connectivity index (χ0) is 35.3. The Kier molecular flexibility index (Phi) is 11.8. The van der Waals surface area contributed by atoms with Crippen LogP contribution in [0.3, 0.4) is 0 Å². The van der Waals surface area contributed by atoms with Gasteiger partial charge in [0.2, 0.25) is 10.0 Å². The third-order valence-corrected chi connectivity index (χ3v) is 6.88. The molecule has 0 aromatic heterocycles. The van der Waals surface area contributed by atoms with Crippen molar-refractivity contribution in [2.24, 2.45) is 0 Å². The fraction of sp³-hybridized carbons (Fsp3) is 0.387. The number of hydrogen-bond donors (Lipinski definition) is 2. The van der Waals surface area contributed by atoms with Gasteiger partial charge < -0.3 is 29.2 Å². The summed E-state index contributed by atoms with van der Waals surface area (Å²) in [4.78, 5) is 35.5. The van der Waals surface area contributed by atoms with Crippen LogP contribution >= 0.6 is 0 Å². The summed E-state index contributed by atoms with van der Waals surface area (Å²) in [6, 6.07) is 13.9. The average molecular weight is 670 g/mol. The number of carbonyl (C=O) groups excluding carboxylic acids is 3. The summed E-state index contributed by atoms with van der Waals surface area (Å²) < 4.78 is 70.2. The number of aliphatic carboxylic acids is 1. The molecule has 15 heteroatoms. The van der Waals surface area contributed by atoms with Gasteiger partial charge in [-0.2, -0.15) is 13.2 Å². The number of methoxy groups -OCH3 is 1. The Morgan fingerprint density at radius 2 is 1.48 bits per heavy atom. The first-order valence-corrected chi connectivity index (χ1v) is 15.6. The number of carbonyl (C=O) groups is 3. The van der Waals surface area contributed by atoms with Gasteiger partial charge in [0.25, 0.3) is 11.7 Å². The van der Waals surface area contributed by atoms with Gasteiger partial charge in [-0.25, -0.2) is 8.42 Å². The number of carboxylic acid groups (broad SMARTS) is 1. The smallest absolute Gasteiger partial charge is 0.430 e. The molecule has 0 aliphatic carbocycles.